The Hall–Kier alpha value is -3.92. The summed E-state index contributed by atoms with van der Waals surface area (Å²) in [5, 5.41) is 13.5. The van der Waals surface area contributed by atoms with Crippen LogP contribution in [0.25, 0.3) is 0 Å². The first-order valence-corrected chi connectivity index (χ1v) is 10.5. The number of anilines is 2. The van der Waals surface area contributed by atoms with E-state index in [1.54, 1.807) is 24.3 Å². The molecule has 0 fully saturated rings. The van der Waals surface area contributed by atoms with E-state index >= 15 is 0 Å². The molecule has 0 unspecified atom stereocenters. The van der Waals surface area contributed by atoms with Crippen LogP contribution in [0.1, 0.15) is 15.9 Å². The molecule has 31 heavy (non-hydrogen) atoms. The van der Waals surface area contributed by atoms with E-state index in [1.165, 1.54) is 49.6 Å². The van der Waals surface area contributed by atoms with Gasteiger partial charge in [-0.15, -0.1) is 0 Å². The number of sulfonamides is 1. The molecule has 9 nitrogen and oxygen atoms in total. The molecule has 0 heterocycles. The monoisotopic (exact) mass is 441 g/mol. The molecule has 0 radical (unpaired) electrons. The van der Waals surface area contributed by atoms with Crippen LogP contribution in [0.2, 0.25) is 0 Å². The topological polar surface area (TPSA) is 128 Å². The molecule has 0 saturated heterocycles. The van der Waals surface area contributed by atoms with Crippen LogP contribution in [0.3, 0.4) is 0 Å². The van der Waals surface area contributed by atoms with Crippen molar-refractivity contribution in [3.8, 4) is 5.75 Å². The van der Waals surface area contributed by atoms with Gasteiger partial charge in [0.2, 0.25) is 0 Å². The Morgan fingerprint density at radius 1 is 1.00 bits per heavy atom. The first-order valence-electron chi connectivity index (χ1n) is 9.03. The molecular weight excluding hydrogens is 422 g/mol. The maximum Gasteiger partial charge on any atom is 0.273 e. The normalized spacial score (nSPS) is 10.9. The number of benzene rings is 3. The zero-order chi connectivity index (χ0) is 22.6. The largest absolute Gasteiger partial charge is 0.494 e. The van der Waals surface area contributed by atoms with Crippen LogP contribution in [-0.2, 0) is 10.0 Å². The molecule has 3 aromatic rings. The highest BCUT2D eigenvalue weighted by molar-refractivity contribution is 7.92. The van der Waals surface area contributed by atoms with Gasteiger partial charge >= 0.3 is 0 Å². The van der Waals surface area contributed by atoms with Crippen LogP contribution in [0.4, 0.5) is 17.1 Å². The van der Waals surface area contributed by atoms with E-state index in [4.69, 9.17) is 4.74 Å². The number of nitro benzene ring substituents is 1. The van der Waals surface area contributed by atoms with Crippen LogP contribution in [-0.4, -0.2) is 26.4 Å². The second-order valence-corrected chi connectivity index (χ2v) is 8.24. The maximum atomic E-state index is 12.9. The molecule has 0 aliphatic heterocycles. The number of rotatable bonds is 7. The van der Waals surface area contributed by atoms with E-state index in [2.05, 4.69) is 10.0 Å². The van der Waals surface area contributed by atoms with Gasteiger partial charge in [0.25, 0.3) is 21.6 Å². The minimum absolute atomic E-state index is 0.0605. The summed E-state index contributed by atoms with van der Waals surface area (Å²) in [5.41, 5.74) is 1.08. The third kappa shape index (κ3) is 4.98. The molecule has 160 valence electrons. The summed E-state index contributed by atoms with van der Waals surface area (Å²) < 4.78 is 33.0. The van der Waals surface area contributed by atoms with E-state index in [-0.39, 0.29) is 33.3 Å². The number of nitrogens with zero attached hydrogens (tertiary/aromatic N) is 1. The number of nitrogens with one attached hydrogen (secondary N) is 2. The molecule has 0 aromatic heterocycles. The van der Waals surface area contributed by atoms with E-state index in [1.807, 2.05) is 6.92 Å². The summed E-state index contributed by atoms with van der Waals surface area (Å²) in [5.74, 6) is -0.519. The molecule has 3 rings (SSSR count). The van der Waals surface area contributed by atoms with Crippen molar-refractivity contribution in [2.45, 2.75) is 11.8 Å². The summed E-state index contributed by atoms with van der Waals surface area (Å²) in [6.45, 7) is 1.84. The minimum atomic E-state index is -3.92. The number of aryl methyl sites for hydroxylation is 1. The first kappa shape index (κ1) is 21.8. The lowest BCUT2D eigenvalue weighted by Crippen LogP contribution is -2.19. The molecule has 0 atom stereocenters. The van der Waals surface area contributed by atoms with Crippen molar-refractivity contribution in [3.63, 3.8) is 0 Å². The molecule has 0 bridgehead atoms. The second-order valence-electron chi connectivity index (χ2n) is 6.56. The standard InChI is InChI=1S/C21H19N3O6S/c1-14-7-10-16(11-8-14)31(28,29)23-18-6-4-3-5-17(18)21(25)22-19-12-9-15(24(26)27)13-20(19)30-2/h3-13,23H,1-2H3,(H,22,25). The van der Waals surface area contributed by atoms with Crippen LogP contribution >= 0.6 is 0 Å². The van der Waals surface area contributed by atoms with Crippen molar-refractivity contribution in [1.82, 2.24) is 0 Å². The van der Waals surface area contributed by atoms with Crippen molar-refractivity contribution in [2.24, 2.45) is 0 Å². The lowest BCUT2D eigenvalue weighted by Gasteiger charge is -2.14. The number of carbonyl (C=O) groups is 1. The van der Waals surface area contributed by atoms with Crippen molar-refractivity contribution in [1.29, 1.82) is 0 Å². The van der Waals surface area contributed by atoms with E-state index in [0.717, 1.165) is 5.56 Å². The van der Waals surface area contributed by atoms with Crippen LogP contribution in [0.5, 0.6) is 5.75 Å². The van der Waals surface area contributed by atoms with Crippen molar-refractivity contribution < 1.29 is 22.9 Å². The highest BCUT2D eigenvalue weighted by Crippen LogP contribution is 2.30. The predicted octanol–water partition coefficient (Wildman–Crippen LogP) is 3.96. The van der Waals surface area contributed by atoms with Gasteiger partial charge in [0.1, 0.15) is 5.75 Å². The predicted molar refractivity (Wildman–Crippen MR) is 116 cm³/mol. The van der Waals surface area contributed by atoms with Crippen molar-refractivity contribution in [3.05, 3.63) is 88.0 Å². The van der Waals surface area contributed by atoms with Crippen LogP contribution < -0.4 is 14.8 Å². The van der Waals surface area contributed by atoms with E-state index in [9.17, 15) is 23.3 Å². The fourth-order valence-corrected chi connectivity index (χ4v) is 3.86. The summed E-state index contributed by atoms with van der Waals surface area (Å²) >= 11 is 0. The number of ether oxygens (including phenoxy) is 1. The maximum absolute atomic E-state index is 12.9. The Kier molecular flexibility index (Phi) is 6.21. The number of carbonyl (C=O) groups excluding carboxylic acids is 1. The molecule has 0 spiro atoms. The number of nitro groups is 1. The lowest BCUT2D eigenvalue weighted by molar-refractivity contribution is -0.384. The third-order valence-electron chi connectivity index (χ3n) is 4.39. The van der Waals surface area contributed by atoms with E-state index < -0.39 is 20.9 Å². The molecule has 10 heteroatoms. The Morgan fingerprint density at radius 2 is 1.68 bits per heavy atom. The number of para-hydroxylation sites is 1. The van der Waals surface area contributed by atoms with Crippen LogP contribution in [0, 0.1) is 17.0 Å². The van der Waals surface area contributed by atoms with Gasteiger partial charge in [-0.2, -0.15) is 0 Å². The van der Waals surface area contributed by atoms with Gasteiger partial charge in [0.05, 0.1) is 39.9 Å². The molecule has 2 N–H and O–H groups in total. The highest BCUT2D eigenvalue weighted by Gasteiger charge is 2.20. The number of methoxy groups -OCH3 is 1. The molecule has 0 aliphatic carbocycles. The SMILES string of the molecule is COc1cc([N+](=O)[O-])ccc1NC(=O)c1ccccc1NS(=O)(=O)c1ccc(C)cc1. The Balaban J connectivity index is 1.89. The quantitative estimate of drug-likeness (QED) is 0.422. The van der Waals surface area contributed by atoms with Crippen molar-refractivity contribution >= 4 is 33.0 Å². The Bertz CT molecular complexity index is 1240. The smallest absolute Gasteiger partial charge is 0.273 e. The van der Waals surface area contributed by atoms with Gasteiger partial charge in [-0.25, -0.2) is 8.42 Å². The molecule has 3 aromatic carbocycles. The van der Waals surface area contributed by atoms with Gasteiger partial charge < -0.3 is 10.1 Å². The Labute approximate surface area is 178 Å². The molecule has 0 saturated carbocycles. The molecular formula is C21H19N3O6S. The lowest BCUT2D eigenvalue weighted by atomic mass is 10.1. The molecule has 0 aliphatic rings. The Morgan fingerprint density at radius 3 is 2.32 bits per heavy atom. The average molecular weight is 441 g/mol. The van der Waals surface area contributed by atoms with Gasteiger partial charge in [-0.3, -0.25) is 19.6 Å². The van der Waals surface area contributed by atoms with Gasteiger partial charge in [-0.05, 0) is 37.3 Å². The summed E-state index contributed by atoms with van der Waals surface area (Å²) in [6, 6.07) is 16.2. The van der Waals surface area contributed by atoms with Gasteiger partial charge in [-0.1, -0.05) is 29.8 Å². The minimum Gasteiger partial charge on any atom is -0.494 e. The number of amides is 1. The number of hydrogen-bond acceptors (Lipinski definition) is 6. The third-order valence-corrected chi connectivity index (χ3v) is 5.77. The molecule has 1 amide bonds. The zero-order valence-corrected chi connectivity index (χ0v) is 17.5. The second kappa shape index (κ2) is 8.84. The number of non-ortho nitro benzene ring substituents is 1. The van der Waals surface area contributed by atoms with Gasteiger partial charge in [0, 0.05) is 6.07 Å². The van der Waals surface area contributed by atoms with Crippen LogP contribution in [0.15, 0.2) is 71.6 Å². The van der Waals surface area contributed by atoms with Crippen molar-refractivity contribution in [2.75, 3.05) is 17.1 Å². The highest BCUT2D eigenvalue weighted by atomic mass is 32.2. The summed E-state index contributed by atoms with van der Waals surface area (Å²) in [6.07, 6.45) is 0. The first-order chi connectivity index (χ1) is 14.7. The van der Waals surface area contributed by atoms with Gasteiger partial charge in [0.15, 0.2) is 0 Å². The van der Waals surface area contributed by atoms with E-state index in [0.29, 0.717) is 0 Å². The zero-order valence-electron chi connectivity index (χ0n) is 16.7. The fraction of sp³-hybridized carbons (Fsp3) is 0.0952. The summed E-state index contributed by atoms with van der Waals surface area (Å²) in [7, 11) is -2.60. The average Bonchev–Trinajstić information content (AvgIpc) is 2.74. The number of hydrogen-bond donors (Lipinski definition) is 2. The fourth-order valence-electron chi connectivity index (χ4n) is 2.78. The summed E-state index contributed by atoms with van der Waals surface area (Å²) in [4.78, 5) is 23.3.